The van der Waals surface area contributed by atoms with E-state index >= 15 is 0 Å². The van der Waals surface area contributed by atoms with E-state index in [2.05, 4.69) is 0 Å². The number of carbonyl (C=O) groups is 1. The summed E-state index contributed by atoms with van der Waals surface area (Å²) in [4.78, 5) is 28.9. The number of hydrogen-bond donors (Lipinski definition) is 0. The number of hydrogen-bond acceptors (Lipinski definition) is 6. The predicted molar refractivity (Wildman–Crippen MR) is 146 cm³/mol. The second-order valence-corrected chi connectivity index (χ2v) is 11.1. The van der Waals surface area contributed by atoms with Crippen LogP contribution in [0.4, 0.5) is 0 Å². The molecule has 2 heterocycles. The highest BCUT2D eigenvalue weighted by molar-refractivity contribution is 7.90. The number of piperidine rings is 1. The number of likely N-dealkylation sites (tertiary alicyclic amines) is 1. The zero-order valence-corrected chi connectivity index (χ0v) is 22.5. The van der Waals surface area contributed by atoms with Crippen LogP contribution in [0, 0.1) is 0 Å². The SMILES string of the molecule is COc1cccc(S(=O)(=O)n2cc(C(=O)N3CCC(c4ccccc4OC)CC3)n(-c3ccccc3)c2=O)c1. The van der Waals surface area contributed by atoms with Gasteiger partial charge in [-0.05, 0) is 54.7 Å². The Labute approximate surface area is 226 Å². The fourth-order valence-corrected chi connectivity index (χ4v) is 6.28. The molecule has 0 aliphatic carbocycles. The zero-order valence-electron chi connectivity index (χ0n) is 21.7. The van der Waals surface area contributed by atoms with Crippen molar-refractivity contribution in [3.05, 3.63) is 107 Å². The number of amides is 1. The van der Waals surface area contributed by atoms with Crippen molar-refractivity contribution in [3.63, 3.8) is 0 Å². The number of methoxy groups -OCH3 is 2. The van der Waals surface area contributed by atoms with Gasteiger partial charge in [0.15, 0.2) is 0 Å². The molecule has 0 spiro atoms. The van der Waals surface area contributed by atoms with Gasteiger partial charge in [-0.1, -0.05) is 42.5 Å². The van der Waals surface area contributed by atoms with E-state index in [1.807, 2.05) is 24.3 Å². The molecule has 39 heavy (non-hydrogen) atoms. The summed E-state index contributed by atoms with van der Waals surface area (Å²) in [6, 6.07) is 22.3. The first kappa shape index (κ1) is 26.3. The number of carbonyl (C=O) groups excluding carboxylic acids is 1. The average molecular weight is 548 g/mol. The van der Waals surface area contributed by atoms with Crippen LogP contribution in [0.2, 0.25) is 0 Å². The molecule has 5 rings (SSSR count). The molecular weight excluding hydrogens is 518 g/mol. The van der Waals surface area contributed by atoms with Crippen LogP contribution in [0.15, 0.2) is 94.7 Å². The molecule has 0 unspecified atom stereocenters. The van der Waals surface area contributed by atoms with Crippen LogP contribution >= 0.6 is 0 Å². The minimum atomic E-state index is -4.31. The van der Waals surface area contributed by atoms with Crippen LogP contribution in [0.3, 0.4) is 0 Å². The first-order valence-corrected chi connectivity index (χ1v) is 14.0. The van der Waals surface area contributed by atoms with Crippen LogP contribution in [0.5, 0.6) is 11.5 Å². The molecule has 4 aromatic rings. The summed E-state index contributed by atoms with van der Waals surface area (Å²) < 4.78 is 39.5. The van der Waals surface area contributed by atoms with E-state index < -0.39 is 21.6 Å². The summed E-state index contributed by atoms with van der Waals surface area (Å²) in [6.07, 6.45) is 2.55. The van der Waals surface area contributed by atoms with Gasteiger partial charge < -0.3 is 14.4 Å². The Kier molecular flexibility index (Phi) is 7.30. The van der Waals surface area contributed by atoms with E-state index in [0.29, 0.717) is 41.3 Å². The molecule has 0 atom stereocenters. The zero-order chi connectivity index (χ0) is 27.6. The van der Waals surface area contributed by atoms with Crippen molar-refractivity contribution >= 4 is 15.9 Å². The van der Waals surface area contributed by atoms with Crippen molar-refractivity contribution in [2.24, 2.45) is 0 Å². The van der Waals surface area contributed by atoms with Gasteiger partial charge in [-0.3, -0.25) is 9.36 Å². The third kappa shape index (κ3) is 4.95. The van der Waals surface area contributed by atoms with E-state index in [9.17, 15) is 18.0 Å². The van der Waals surface area contributed by atoms with Gasteiger partial charge in [-0.2, -0.15) is 3.97 Å². The number of imidazole rings is 1. The molecule has 0 saturated carbocycles. The van der Waals surface area contributed by atoms with Crippen molar-refractivity contribution in [1.82, 2.24) is 13.4 Å². The monoisotopic (exact) mass is 547 g/mol. The second-order valence-electron chi connectivity index (χ2n) is 9.26. The summed E-state index contributed by atoms with van der Waals surface area (Å²) in [7, 11) is -1.24. The fraction of sp³-hybridized carbons (Fsp3) is 0.241. The minimum absolute atomic E-state index is 0.0200. The Morgan fingerprint density at radius 3 is 2.26 bits per heavy atom. The topological polar surface area (TPSA) is 99.8 Å². The lowest BCUT2D eigenvalue weighted by Crippen LogP contribution is -2.39. The quantitative estimate of drug-likeness (QED) is 0.348. The maximum Gasteiger partial charge on any atom is 0.347 e. The van der Waals surface area contributed by atoms with Gasteiger partial charge in [0.1, 0.15) is 17.2 Å². The maximum absolute atomic E-state index is 13.8. The van der Waals surface area contributed by atoms with Crippen LogP contribution in [-0.4, -0.2) is 55.1 Å². The molecule has 202 valence electrons. The molecule has 1 fully saturated rings. The molecule has 1 aliphatic heterocycles. The summed E-state index contributed by atoms with van der Waals surface area (Å²) in [5, 5.41) is 0. The third-order valence-corrected chi connectivity index (χ3v) is 8.68. The van der Waals surface area contributed by atoms with Crippen LogP contribution in [0.25, 0.3) is 5.69 Å². The van der Waals surface area contributed by atoms with Crippen molar-refractivity contribution in [2.75, 3.05) is 27.3 Å². The maximum atomic E-state index is 13.8. The smallest absolute Gasteiger partial charge is 0.347 e. The molecule has 1 aromatic heterocycles. The number of rotatable bonds is 7. The second kappa shape index (κ2) is 10.8. The van der Waals surface area contributed by atoms with E-state index in [1.54, 1.807) is 48.4 Å². The number of ether oxygens (including phenoxy) is 2. The molecule has 1 amide bonds. The van der Waals surface area contributed by atoms with Crippen molar-refractivity contribution in [2.45, 2.75) is 23.7 Å². The number of nitrogens with zero attached hydrogens (tertiary/aromatic N) is 3. The van der Waals surface area contributed by atoms with Crippen molar-refractivity contribution in [1.29, 1.82) is 0 Å². The van der Waals surface area contributed by atoms with E-state index in [0.717, 1.165) is 22.1 Å². The number of benzene rings is 3. The van der Waals surface area contributed by atoms with Gasteiger partial charge in [0.2, 0.25) is 0 Å². The van der Waals surface area contributed by atoms with Crippen molar-refractivity contribution < 1.29 is 22.7 Å². The van der Waals surface area contributed by atoms with Gasteiger partial charge in [-0.15, -0.1) is 0 Å². The fourth-order valence-electron chi connectivity index (χ4n) is 5.01. The molecule has 1 saturated heterocycles. The summed E-state index contributed by atoms with van der Waals surface area (Å²) in [5.41, 5.74) is 0.628. The van der Waals surface area contributed by atoms with Crippen LogP contribution < -0.4 is 15.2 Å². The lowest BCUT2D eigenvalue weighted by atomic mass is 9.88. The molecule has 0 bridgehead atoms. The first-order valence-electron chi connectivity index (χ1n) is 12.6. The Morgan fingerprint density at radius 1 is 0.872 bits per heavy atom. The van der Waals surface area contributed by atoms with Crippen molar-refractivity contribution in [3.8, 4) is 17.2 Å². The van der Waals surface area contributed by atoms with Gasteiger partial charge in [0.25, 0.3) is 15.9 Å². The molecule has 9 nitrogen and oxygen atoms in total. The first-order chi connectivity index (χ1) is 18.8. The summed E-state index contributed by atoms with van der Waals surface area (Å²) >= 11 is 0. The predicted octanol–water partition coefficient (Wildman–Crippen LogP) is 3.91. The highest BCUT2D eigenvalue weighted by atomic mass is 32.2. The summed E-state index contributed by atoms with van der Waals surface area (Å²) in [6.45, 7) is 0.913. The number of para-hydroxylation sites is 2. The van der Waals surface area contributed by atoms with Crippen LogP contribution in [0.1, 0.15) is 34.8 Å². The van der Waals surface area contributed by atoms with E-state index in [-0.39, 0.29) is 16.5 Å². The van der Waals surface area contributed by atoms with Crippen LogP contribution in [-0.2, 0) is 10.0 Å². The normalized spacial score (nSPS) is 14.3. The molecule has 0 N–H and O–H groups in total. The largest absolute Gasteiger partial charge is 0.497 e. The molecule has 0 radical (unpaired) electrons. The molecular formula is C29H29N3O6S. The molecule has 3 aromatic carbocycles. The lowest BCUT2D eigenvalue weighted by Gasteiger charge is -2.32. The Hall–Kier alpha value is -4.31. The van der Waals surface area contributed by atoms with Gasteiger partial charge in [0, 0.05) is 19.2 Å². The summed E-state index contributed by atoms with van der Waals surface area (Å²) in [5.74, 6) is 0.967. The van der Waals surface area contributed by atoms with E-state index in [1.165, 1.54) is 25.3 Å². The van der Waals surface area contributed by atoms with E-state index in [4.69, 9.17) is 9.47 Å². The minimum Gasteiger partial charge on any atom is -0.497 e. The standard InChI is InChI=1S/C29H29N3O6S/c1-37-23-11-8-12-24(19-23)39(35,36)31-20-26(32(29(31)34)22-9-4-3-5-10-22)28(33)30-17-15-21(16-18-30)25-13-6-7-14-27(25)38-2/h3-14,19-21H,15-18H2,1-2H3. The Balaban J connectivity index is 1.51. The molecule has 10 heteroatoms. The Morgan fingerprint density at radius 2 is 1.56 bits per heavy atom. The number of aromatic nitrogens is 2. The van der Waals surface area contributed by atoms with Gasteiger partial charge in [-0.25, -0.2) is 13.2 Å². The molecule has 1 aliphatic rings. The lowest BCUT2D eigenvalue weighted by molar-refractivity contribution is 0.0704. The highest BCUT2D eigenvalue weighted by Gasteiger charge is 2.32. The van der Waals surface area contributed by atoms with Gasteiger partial charge in [0.05, 0.1) is 31.0 Å². The van der Waals surface area contributed by atoms with Gasteiger partial charge >= 0.3 is 5.69 Å². The Bertz CT molecular complexity index is 1650. The third-order valence-electron chi connectivity index (χ3n) is 7.05. The highest BCUT2D eigenvalue weighted by Crippen LogP contribution is 2.34. The average Bonchev–Trinajstić information content (AvgIpc) is 3.35.